The van der Waals surface area contributed by atoms with Gasteiger partial charge in [-0.3, -0.25) is 4.99 Å². The fourth-order valence-corrected chi connectivity index (χ4v) is 1.41. The van der Waals surface area contributed by atoms with Crippen molar-refractivity contribution in [3.63, 3.8) is 0 Å². The summed E-state index contributed by atoms with van der Waals surface area (Å²) < 4.78 is 6.39. The fourth-order valence-electron chi connectivity index (χ4n) is 1.29. The van der Waals surface area contributed by atoms with Crippen molar-refractivity contribution in [2.75, 3.05) is 19.8 Å². The first kappa shape index (κ1) is 10.9. The second-order valence-electron chi connectivity index (χ2n) is 3.32. The molecule has 0 aliphatic carbocycles. The molecule has 2 nitrogen and oxygen atoms in total. The van der Waals surface area contributed by atoms with Crippen LogP contribution in [0.1, 0.15) is 19.8 Å². The first-order valence-corrected chi connectivity index (χ1v) is 5.48. The van der Waals surface area contributed by atoms with Crippen LogP contribution in [-0.4, -0.2) is 26.0 Å². The zero-order chi connectivity index (χ0) is 9.52. The van der Waals surface area contributed by atoms with Gasteiger partial charge in [0.25, 0.3) is 0 Å². The molecule has 1 rings (SSSR count). The van der Waals surface area contributed by atoms with Crippen molar-refractivity contribution in [1.29, 1.82) is 0 Å². The quantitative estimate of drug-likeness (QED) is 0.701. The fraction of sp³-hybridized carbons (Fsp3) is 0.700. The molecule has 3 heteroatoms. The summed E-state index contributed by atoms with van der Waals surface area (Å²) in [5, 5.41) is 0. The smallest absolute Gasteiger partial charge is 0.0469 e. The summed E-state index contributed by atoms with van der Waals surface area (Å²) in [5.74, 6) is 0.731. The molecule has 1 heterocycles. The van der Waals surface area contributed by atoms with Gasteiger partial charge in [-0.25, -0.2) is 0 Å². The lowest BCUT2D eigenvalue weighted by molar-refractivity contribution is 0.0690. The van der Waals surface area contributed by atoms with Gasteiger partial charge < -0.3 is 4.74 Å². The number of halogens is 1. The lowest BCUT2D eigenvalue weighted by Crippen LogP contribution is -2.17. The Bertz CT molecular complexity index is 191. The second-order valence-corrected chi connectivity index (χ2v) is 4.57. The van der Waals surface area contributed by atoms with Crippen LogP contribution in [0.2, 0.25) is 0 Å². The van der Waals surface area contributed by atoms with Gasteiger partial charge in [0.15, 0.2) is 0 Å². The highest BCUT2D eigenvalue weighted by molar-refractivity contribution is 9.11. The highest BCUT2D eigenvalue weighted by Crippen LogP contribution is 2.14. The number of rotatable bonds is 3. The van der Waals surface area contributed by atoms with Crippen molar-refractivity contribution >= 4 is 22.1 Å². The lowest BCUT2D eigenvalue weighted by Gasteiger charge is -2.19. The van der Waals surface area contributed by atoms with E-state index in [-0.39, 0.29) is 0 Å². The topological polar surface area (TPSA) is 21.6 Å². The first-order chi connectivity index (χ1) is 6.29. The van der Waals surface area contributed by atoms with E-state index in [1.165, 1.54) is 0 Å². The minimum atomic E-state index is 0.731. The van der Waals surface area contributed by atoms with E-state index in [9.17, 15) is 0 Å². The summed E-state index contributed by atoms with van der Waals surface area (Å²) in [7, 11) is 0. The second kappa shape index (κ2) is 6.33. The highest BCUT2D eigenvalue weighted by Gasteiger charge is 2.11. The van der Waals surface area contributed by atoms with Gasteiger partial charge >= 0.3 is 0 Å². The average Bonchev–Trinajstić information content (AvgIpc) is 2.14. The largest absolute Gasteiger partial charge is 0.381 e. The Balaban J connectivity index is 2.17. The van der Waals surface area contributed by atoms with Gasteiger partial charge in [-0.2, -0.15) is 0 Å². The zero-order valence-electron chi connectivity index (χ0n) is 8.00. The summed E-state index contributed by atoms with van der Waals surface area (Å²) in [4.78, 5) is 4.35. The Morgan fingerprint density at radius 3 is 2.85 bits per heavy atom. The van der Waals surface area contributed by atoms with Gasteiger partial charge in [0, 0.05) is 26.0 Å². The van der Waals surface area contributed by atoms with E-state index in [0.717, 1.165) is 43.0 Å². The van der Waals surface area contributed by atoms with Gasteiger partial charge in [-0.15, -0.1) is 0 Å². The van der Waals surface area contributed by atoms with E-state index in [1.807, 2.05) is 19.2 Å². The predicted octanol–water partition coefficient (Wildman–Crippen LogP) is 2.78. The van der Waals surface area contributed by atoms with Crippen molar-refractivity contribution in [1.82, 2.24) is 0 Å². The average molecular weight is 246 g/mol. The van der Waals surface area contributed by atoms with E-state index in [0.29, 0.717) is 0 Å². The monoisotopic (exact) mass is 245 g/mol. The molecule has 0 radical (unpaired) electrons. The summed E-state index contributed by atoms with van der Waals surface area (Å²) in [6.07, 6.45) is 6.17. The maximum atomic E-state index is 5.27. The first-order valence-electron chi connectivity index (χ1n) is 4.69. The molecule has 1 aliphatic heterocycles. The molecular weight excluding hydrogens is 230 g/mol. The van der Waals surface area contributed by atoms with Crippen LogP contribution in [0.15, 0.2) is 15.6 Å². The van der Waals surface area contributed by atoms with Gasteiger partial charge in [-0.05, 0) is 36.2 Å². The third kappa shape index (κ3) is 5.21. The molecule has 74 valence electrons. The van der Waals surface area contributed by atoms with E-state index >= 15 is 0 Å². The summed E-state index contributed by atoms with van der Waals surface area (Å²) in [6, 6.07) is 0. The molecule has 0 amide bonds. The number of hydrogen-bond acceptors (Lipinski definition) is 2. The molecule has 0 bridgehead atoms. The van der Waals surface area contributed by atoms with Crippen LogP contribution in [0.3, 0.4) is 0 Å². The van der Waals surface area contributed by atoms with E-state index in [2.05, 4.69) is 20.9 Å². The molecule has 0 saturated carbocycles. The van der Waals surface area contributed by atoms with Crippen LogP contribution < -0.4 is 0 Å². The molecule has 0 unspecified atom stereocenters. The van der Waals surface area contributed by atoms with E-state index in [1.54, 1.807) is 0 Å². The molecule has 1 aliphatic rings. The Kier molecular flexibility index (Phi) is 5.32. The van der Waals surface area contributed by atoms with Crippen LogP contribution in [0.4, 0.5) is 0 Å². The standard InChI is InChI=1S/C10H16BrNO/c1-9(11)2-5-12-8-10-3-6-13-7-4-10/h2,5,10H,3-4,6-8H2,1H3/b9-2+,12-5?. The number of nitrogens with zero attached hydrogens (tertiary/aromatic N) is 1. The Morgan fingerprint density at radius 1 is 1.54 bits per heavy atom. The Morgan fingerprint density at radius 2 is 2.23 bits per heavy atom. The van der Waals surface area contributed by atoms with Crippen molar-refractivity contribution in [3.8, 4) is 0 Å². The third-order valence-electron chi connectivity index (χ3n) is 2.11. The van der Waals surface area contributed by atoms with Crippen LogP contribution in [0.25, 0.3) is 0 Å². The van der Waals surface area contributed by atoms with Gasteiger partial charge in [0.2, 0.25) is 0 Å². The Hall–Kier alpha value is -0.150. The molecule has 0 N–H and O–H groups in total. The molecule has 1 saturated heterocycles. The van der Waals surface area contributed by atoms with Gasteiger partial charge in [-0.1, -0.05) is 15.9 Å². The van der Waals surface area contributed by atoms with Crippen molar-refractivity contribution in [3.05, 3.63) is 10.6 Å². The van der Waals surface area contributed by atoms with Crippen LogP contribution in [0, 0.1) is 5.92 Å². The molecule has 1 fully saturated rings. The van der Waals surface area contributed by atoms with Gasteiger partial charge in [0.1, 0.15) is 0 Å². The minimum Gasteiger partial charge on any atom is -0.381 e. The molecular formula is C10H16BrNO. The van der Waals surface area contributed by atoms with E-state index < -0.39 is 0 Å². The third-order valence-corrected chi connectivity index (χ3v) is 2.38. The SMILES string of the molecule is C/C(Br)=C\C=NCC1CCOCC1. The lowest BCUT2D eigenvalue weighted by atomic mass is 10.0. The van der Waals surface area contributed by atoms with Crippen molar-refractivity contribution in [2.24, 2.45) is 10.9 Å². The maximum Gasteiger partial charge on any atom is 0.0469 e. The number of aliphatic imine (C=N–C) groups is 1. The number of allylic oxidation sites excluding steroid dienone is 2. The molecule has 0 aromatic rings. The summed E-state index contributed by atoms with van der Waals surface area (Å²) in [6.45, 7) is 4.77. The summed E-state index contributed by atoms with van der Waals surface area (Å²) in [5.41, 5.74) is 0. The van der Waals surface area contributed by atoms with Crippen LogP contribution >= 0.6 is 15.9 Å². The molecule has 0 spiro atoms. The van der Waals surface area contributed by atoms with Crippen molar-refractivity contribution in [2.45, 2.75) is 19.8 Å². The predicted molar refractivity (Wildman–Crippen MR) is 59.6 cm³/mol. The van der Waals surface area contributed by atoms with Crippen LogP contribution in [0.5, 0.6) is 0 Å². The Labute approximate surface area is 88.2 Å². The molecule has 0 aromatic carbocycles. The van der Waals surface area contributed by atoms with Gasteiger partial charge in [0.05, 0.1) is 0 Å². The molecule has 0 aromatic heterocycles. The highest BCUT2D eigenvalue weighted by atomic mass is 79.9. The van der Waals surface area contributed by atoms with Crippen molar-refractivity contribution < 1.29 is 4.74 Å². The van der Waals surface area contributed by atoms with E-state index in [4.69, 9.17) is 4.74 Å². The molecule has 0 atom stereocenters. The maximum absolute atomic E-state index is 5.27. The molecule has 13 heavy (non-hydrogen) atoms. The number of hydrogen-bond donors (Lipinski definition) is 0. The summed E-state index contributed by atoms with van der Waals surface area (Å²) >= 11 is 3.35. The normalized spacial score (nSPS) is 21.2. The van der Waals surface area contributed by atoms with Crippen LogP contribution in [-0.2, 0) is 4.74 Å². The number of ether oxygens (including phenoxy) is 1. The minimum absolute atomic E-state index is 0.731. The zero-order valence-corrected chi connectivity index (χ0v) is 9.59.